The molecule has 0 aliphatic rings. The normalized spacial score (nSPS) is 11.5. The number of nitrogens with one attached hydrogen (secondary N) is 2. The zero-order valence-electron chi connectivity index (χ0n) is 12.1. The van der Waals surface area contributed by atoms with Gasteiger partial charge in [-0.25, -0.2) is 13.1 Å². The fourth-order valence-corrected chi connectivity index (χ4v) is 3.27. The van der Waals surface area contributed by atoms with Crippen LogP contribution in [0.5, 0.6) is 5.75 Å². The number of aromatic amines is 1. The second-order valence-electron chi connectivity index (χ2n) is 4.67. The molecular weight excluding hydrogens is 290 g/mol. The van der Waals surface area contributed by atoms with Crippen LogP contribution in [0.15, 0.2) is 35.4 Å². The molecule has 0 radical (unpaired) electrons. The number of hydrogen-bond donors (Lipinski definition) is 2. The monoisotopic (exact) mass is 309 g/mol. The summed E-state index contributed by atoms with van der Waals surface area (Å²) < 4.78 is 32.1. The predicted molar refractivity (Wildman–Crippen MR) is 79.8 cm³/mol. The van der Waals surface area contributed by atoms with Crippen LogP contribution in [0.3, 0.4) is 0 Å². The first kappa shape index (κ1) is 15.5. The molecule has 0 saturated carbocycles. The summed E-state index contributed by atoms with van der Waals surface area (Å²) in [6.45, 7) is 2.31. The Kier molecular flexibility index (Phi) is 4.98. The molecular formula is C14H19N3O3S. The number of rotatable bonds is 7. The maximum Gasteiger partial charge on any atom is 0.244 e. The van der Waals surface area contributed by atoms with Gasteiger partial charge in [0.1, 0.15) is 10.6 Å². The van der Waals surface area contributed by atoms with Crippen molar-refractivity contribution in [2.75, 3.05) is 13.7 Å². The summed E-state index contributed by atoms with van der Waals surface area (Å²) in [5.41, 5.74) is 2.12. The summed E-state index contributed by atoms with van der Waals surface area (Å²) in [4.78, 5) is 0.159. The van der Waals surface area contributed by atoms with E-state index in [1.165, 1.54) is 13.2 Å². The van der Waals surface area contributed by atoms with E-state index < -0.39 is 10.0 Å². The van der Waals surface area contributed by atoms with Crippen molar-refractivity contribution < 1.29 is 13.2 Å². The standard InChI is InChI=1S/C14H19N3O3S/c1-11-12(10-15-17-11)6-5-9-16-21(18,19)14-8-4-3-7-13(14)20-2/h3-4,7-8,10,16H,5-6,9H2,1-2H3,(H,15,17). The minimum absolute atomic E-state index is 0.159. The largest absolute Gasteiger partial charge is 0.495 e. The first-order valence-corrected chi connectivity index (χ1v) is 8.14. The summed E-state index contributed by atoms with van der Waals surface area (Å²) >= 11 is 0. The summed E-state index contributed by atoms with van der Waals surface area (Å²) in [5, 5.41) is 6.80. The van der Waals surface area contributed by atoms with Gasteiger partial charge in [0.2, 0.25) is 10.0 Å². The molecule has 2 N–H and O–H groups in total. The van der Waals surface area contributed by atoms with Crippen LogP contribution in [0.1, 0.15) is 17.7 Å². The van der Waals surface area contributed by atoms with Crippen molar-refractivity contribution in [3.63, 3.8) is 0 Å². The highest BCUT2D eigenvalue weighted by Gasteiger charge is 2.18. The zero-order valence-corrected chi connectivity index (χ0v) is 12.9. The van der Waals surface area contributed by atoms with Crippen molar-refractivity contribution in [3.05, 3.63) is 41.7 Å². The van der Waals surface area contributed by atoms with Gasteiger partial charge in [0.15, 0.2) is 0 Å². The van der Waals surface area contributed by atoms with Gasteiger partial charge in [-0.2, -0.15) is 5.10 Å². The van der Waals surface area contributed by atoms with E-state index in [2.05, 4.69) is 14.9 Å². The molecule has 1 heterocycles. The molecule has 2 rings (SSSR count). The lowest BCUT2D eigenvalue weighted by atomic mass is 10.1. The van der Waals surface area contributed by atoms with Crippen molar-refractivity contribution in [3.8, 4) is 5.75 Å². The highest BCUT2D eigenvalue weighted by Crippen LogP contribution is 2.22. The van der Waals surface area contributed by atoms with Gasteiger partial charge in [-0.05, 0) is 37.5 Å². The van der Waals surface area contributed by atoms with Crippen LogP contribution in [0, 0.1) is 6.92 Å². The van der Waals surface area contributed by atoms with E-state index >= 15 is 0 Å². The number of sulfonamides is 1. The van der Waals surface area contributed by atoms with E-state index in [9.17, 15) is 8.42 Å². The molecule has 21 heavy (non-hydrogen) atoms. The molecule has 1 aromatic heterocycles. The maximum absolute atomic E-state index is 12.2. The van der Waals surface area contributed by atoms with E-state index in [4.69, 9.17) is 4.74 Å². The Morgan fingerprint density at radius 2 is 2.10 bits per heavy atom. The van der Waals surface area contributed by atoms with Crippen LogP contribution >= 0.6 is 0 Å². The molecule has 0 aliphatic carbocycles. The molecule has 114 valence electrons. The van der Waals surface area contributed by atoms with E-state index in [0.717, 1.165) is 17.7 Å². The molecule has 0 fully saturated rings. The van der Waals surface area contributed by atoms with Gasteiger partial charge in [0, 0.05) is 12.2 Å². The highest BCUT2D eigenvalue weighted by atomic mass is 32.2. The fraction of sp³-hybridized carbons (Fsp3) is 0.357. The minimum Gasteiger partial charge on any atom is -0.495 e. The van der Waals surface area contributed by atoms with E-state index in [0.29, 0.717) is 18.7 Å². The quantitative estimate of drug-likeness (QED) is 0.762. The van der Waals surface area contributed by atoms with Gasteiger partial charge in [-0.15, -0.1) is 0 Å². The zero-order chi connectivity index (χ0) is 15.3. The lowest BCUT2D eigenvalue weighted by molar-refractivity contribution is 0.402. The Bertz CT molecular complexity index is 695. The summed E-state index contributed by atoms with van der Waals surface area (Å²) in [6.07, 6.45) is 3.25. The van der Waals surface area contributed by atoms with Gasteiger partial charge < -0.3 is 4.74 Å². The Labute approximate surface area is 124 Å². The lowest BCUT2D eigenvalue weighted by Gasteiger charge is -2.10. The van der Waals surface area contributed by atoms with E-state index in [1.54, 1.807) is 24.4 Å². The number of para-hydroxylation sites is 1. The van der Waals surface area contributed by atoms with Crippen LogP contribution in [0.4, 0.5) is 0 Å². The SMILES string of the molecule is COc1ccccc1S(=O)(=O)NCCCc1cn[nH]c1C. The number of hydrogen-bond acceptors (Lipinski definition) is 4. The predicted octanol–water partition coefficient (Wildman–Crippen LogP) is 1.64. The second-order valence-corrected chi connectivity index (χ2v) is 6.41. The van der Waals surface area contributed by atoms with Crippen molar-refractivity contribution >= 4 is 10.0 Å². The molecule has 0 aliphatic heterocycles. The molecule has 0 bridgehead atoms. The van der Waals surface area contributed by atoms with Crippen LogP contribution in [0.25, 0.3) is 0 Å². The molecule has 0 amide bonds. The molecule has 6 nitrogen and oxygen atoms in total. The average molecular weight is 309 g/mol. The van der Waals surface area contributed by atoms with Crippen molar-refractivity contribution in [1.82, 2.24) is 14.9 Å². The highest BCUT2D eigenvalue weighted by molar-refractivity contribution is 7.89. The van der Waals surface area contributed by atoms with Gasteiger partial charge >= 0.3 is 0 Å². The summed E-state index contributed by atoms with van der Waals surface area (Å²) in [6, 6.07) is 6.57. The molecule has 0 unspecified atom stereocenters. The van der Waals surface area contributed by atoms with Crippen LogP contribution in [0.2, 0.25) is 0 Å². The van der Waals surface area contributed by atoms with E-state index in [1.807, 2.05) is 6.92 Å². The first-order chi connectivity index (χ1) is 10.0. The number of benzene rings is 1. The number of aromatic nitrogens is 2. The third-order valence-electron chi connectivity index (χ3n) is 3.21. The van der Waals surface area contributed by atoms with Gasteiger partial charge in [0.05, 0.1) is 13.3 Å². The Balaban J connectivity index is 1.94. The van der Waals surface area contributed by atoms with Gasteiger partial charge in [-0.3, -0.25) is 5.10 Å². The summed E-state index contributed by atoms with van der Waals surface area (Å²) in [5.74, 6) is 0.343. The fourth-order valence-electron chi connectivity index (χ4n) is 2.03. The molecule has 1 aromatic carbocycles. The summed E-state index contributed by atoms with van der Waals surface area (Å²) in [7, 11) is -2.10. The molecule has 0 atom stereocenters. The number of ether oxygens (including phenoxy) is 1. The Hall–Kier alpha value is -1.86. The second kappa shape index (κ2) is 6.73. The van der Waals surface area contributed by atoms with Crippen molar-refractivity contribution in [1.29, 1.82) is 0 Å². The number of methoxy groups -OCH3 is 1. The number of nitrogens with zero attached hydrogens (tertiary/aromatic N) is 1. The molecule has 2 aromatic rings. The molecule has 0 saturated heterocycles. The average Bonchev–Trinajstić information content (AvgIpc) is 2.89. The van der Waals surface area contributed by atoms with Gasteiger partial charge in [0.25, 0.3) is 0 Å². The lowest BCUT2D eigenvalue weighted by Crippen LogP contribution is -2.25. The van der Waals surface area contributed by atoms with E-state index in [-0.39, 0.29) is 4.90 Å². The number of H-pyrrole nitrogens is 1. The topological polar surface area (TPSA) is 84.1 Å². The molecule has 0 spiro atoms. The third kappa shape index (κ3) is 3.83. The van der Waals surface area contributed by atoms with Gasteiger partial charge in [-0.1, -0.05) is 12.1 Å². The number of aryl methyl sites for hydroxylation is 2. The van der Waals surface area contributed by atoms with Crippen LogP contribution in [-0.2, 0) is 16.4 Å². The maximum atomic E-state index is 12.2. The Morgan fingerprint density at radius 3 is 2.76 bits per heavy atom. The minimum atomic E-state index is -3.55. The van der Waals surface area contributed by atoms with Crippen molar-refractivity contribution in [2.45, 2.75) is 24.7 Å². The first-order valence-electron chi connectivity index (χ1n) is 6.66. The third-order valence-corrected chi connectivity index (χ3v) is 4.71. The van der Waals surface area contributed by atoms with Crippen LogP contribution in [-0.4, -0.2) is 32.3 Å². The smallest absolute Gasteiger partial charge is 0.244 e. The molecule has 7 heteroatoms. The van der Waals surface area contributed by atoms with Crippen LogP contribution < -0.4 is 9.46 Å². The van der Waals surface area contributed by atoms with Crippen molar-refractivity contribution in [2.24, 2.45) is 0 Å². The Morgan fingerprint density at radius 1 is 1.33 bits per heavy atom.